The second-order valence-electron chi connectivity index (χ2n) is 6.35. The number of hydrogen-bond donors (Lipinski definition) is 0. The van der Waals surface area contributed by atoms with E-state index in [2.05, 4.69) is 17.3 Å². The Morgan fingerprint density at radius 2 is 2.04 bits per heavy atom. The maximum absolute atomic E-state index is 12.8. The van der Waals surface area contributed by atoms with Crippen LogP contribution in [0.1, 0.15) is 23.1 Å². The molecule has 0 aromatic heterocycles. The summed E-state index contributed by atoms with van der Waals surface area (Å²) in [5.74, 6) is 0.777. The molecule has 2 aliphatic rings. The number of hydrogen-bond acceptors (Lipinski definition) is 4. The van der Waals surface area contributed by atoms with Crippen LogP contribution in [-0.4, -0.2) is 36.3 Å². The number of benzene rings is 2. The molecule has 5 nitrogen and oxygen atoms in total. The SMILES string of the molecule is COc1cccc(C2=NO[C@@H](C(=O)N3CCc4ccccc4C3)C2)c1. The standard InChI is InChI=1S/C20H20N2O3/c1-24-17-8-4-7-15(11-17)18-12-19(25-21-18)20(23)22-10-9-14-5-2-3-6-16(14)13-22/h2-8,11,19H,9-10,12-13H2,1H3/t19-/m1/s1. The van der Waals surface area contributed by atoms with E-state index in [4.69, 9.17) is 9.57 Å². The largest absolute Gasteiger partial charge is 0.497 e. The highest BCUT2D eigenvalue weighted by Crippen LogP contribution is 2.24. The van der Waals surface area contributed by atoms with Gasteiger partial charge in [0.25, 0.3) is 5.91 Å². The molecule has 2 aromatic rings. The maximum atomic E-state index is 12.8. The monoisotopic (exact) mass is 336 g/mol. The average Bonchev–Trinajstić information content (AvgIpc) is 3.17. The van der Waals surface area contributed by atoms with E-state index in [0.717, 1.165) is 30.0 Å². The summed E-state index contributed by atoms with van der Waals surface area (Å²) < 4.78 is 5.25. The van der Waals surface area contributed by atoms with Gasteiger partial charge in [0.2, 0.25) is 6.10 Å². The van der Waals surface area contributed by atoms with Crippen LogP contribution in [0.25, 0.3) is 0 Å². The van der Waals surface area contributed by atoms with Gasteiger partial charge in [-0.3, -0.25) is 4.79 Å². The van der Waals surface area contributed by atoms with Crippen LogP contribution >= 0.6 is 0 Å². The summed E-state index contributed by atoms with van der Waals surface area (Å²) in [7, 11) is 1.63. The highest BCUT2D eigenvalue weighted by molar-refractivity contribution is 6.04. The van der Waals surface area contributed by atoms with Crippen molar-refractivity contribution in [1.82, 2.24) is 4.90 Å². The number of nitrogens with zero attached hydrogens (tertiary/aromatic N) is 2. The van der Waals surface area contributed by atoms with E-state index in [1.807, 2.05) is 41.3 Å². The summed E-state index contributed by atoms with van der Waals surface area (Å²) in [6.07, 6.45) is 0.842. The summed E-state index contributed by atoms with van der Waals surface area (Å²) in [5.41, 5.74) is 4.26. The number of rotatable bonds is 3. The van der Waals surface area contributed by atoms with Gasteiger partial charge in [0.15, 0.2) is 0 Å². The van der Waals surface area contributed by atoms with Crippen LogP contribution in [0.5, 0.6) is 5.75 Å². The summed E-state index contributed by atoms with van der Waals surface area (Å²) in [6.45, 7) is 1.37. The lowest BCUT2D eigenvalue weighted by Crippen LogP contribution is -2.42. The average molecular weight is 336 g/mol. The van der Waals surface area contributed by atoms with E-state index < -0.39 is 6.10 Å². The molecule has 25 heavy (non-hydrogen) atoms. The number of methoxy groups -OCH3 is 1. The van der Waals surface area contributed by atoms with Crippen molar-refractivity contribution >= 4 is 11.6 Å². The molecule has 0 saturated carbocycles. The highest BCUT2D eigenvalue weighted by atomic mass is 16.6. The number of fused-ring (bicyclic) bond motifs is 1. The number of ether oxygens (including phenoxy) is 1. The molecule has 0 fully saturated rings. The van der Waals surface area contributed by atoms with Crippen LogP contribution < -0.4 is 4.74 Å². The fourth-order valence-corrected chi connectivity index (χ4v) is 3.37. The minimum atomic E-state index is -0.536. The predicted molar refractivity (Wildman–Crippen MR) is 94.6 cm³/mol. The van der Waals surface area contributed by atoms with Crippen LogP contribution in [0, 0.1) is 0 Å². The van der Waals surface area contributed by atoms with Crippen LogP contribution in [0.2, 0.25) is 0 Å². The zero-order valence-corrected chi connectivity index (χ0v) is 14.1. The minimum absolute atomic E-state index is 0.0103. The summed E-state index contributed by atoms with van der Waals surface area (Å²) in [5, 5.41) is 4.14. The van der Waals surface area contributed by atoms with E-state index >= 15 is 0 Å². The molecule has 1 amide bonds. The third kappa shape index (κ3) is 3.09. The van der Waals surface area contributed by atoms with Gasteiger partial charge < -0.3 is 14.5 Å². The Kier molecular flexibility index (Phi) is 4.14. The Labute approximate surface area is 146 Å². The molecule has 128 valence electrons. The Balaban J connectivity index is 1.43. The van der Waals surface area contributed by atoms with Crippen molar-refractivity contribution in [2.24, 2.45) is 5.16 Å². The molecule has 1 atom stereocenters. The number of amides is 1. The van der Waals surface area contributed by atoms with E-state index in [-0.39, 0.29) is 5.91 Å². The van der Waals surface area contributed by atoms with Crippen molar-refractivity contribution in [1.29, 1.82) is 0 Å². The zero-order chi connectivity index (χ0) is 17.2. The van der Waals surface area contributed by atoms with Crippen molar-refractivity contribution in [3.8, 4) is 5.75 Å². The molecule has 0 N–H and O–H groups in total. The number of carbonyl (C=O) groups is 1. The van der Waals surface area contributed by atoms with Gasteiger partial charge in [0.1, 0.15) is 5.75 Å². The van der Waals surface area contributed by atoms with E-state index in [1.54, 1.807) is 7.11 Å². The Morgan fingerprint density at radius 3 is 2.88 bits per heavy atom. The third-order valence-electron chi connectivity index (χ3n) is 4.79. The van der Waals surface area contributed by atoms with Gasteiger partial charge in [0, 0.05) is 25.1 Å². The Morgan fingerprint density at radius 1 is 1.20 bits per heavy atom. The molecule has 0 unspecified atom stereocenters. The molecule has 0 aliphatic carbocycles. The molecule has 5 heteroatoms. The van der Waals surface area contributed by atoms with Crippen LogP contribution in [0.15, 0.2) is 53.7 Å². The normalized spacial score (nSPS) is 19.0. The molecule has 2 aromatic carbocycles. The second kappa shape index (κ2) is 6.59. The van der Waals surface area contributed by atoms with Gasteiger partial charge in [-0.05, 0) is 29.7 Å². The third-order valence-corrected chi connectivity index (χ3v) is 4.79. The zero-order valence-electron chi connectivity index (χ0n) is 14.1. The van der Waals surface area contributed by atoms with Crippen LogP contribution in [0.3, 0.4) is 0 Å². The van der Waals surface area contributed by atoms with Crippen molar-refractivity contribution in [3.63, 3.8) is 0 Å². The predicted octanol–water partition coefficient (Wildman–Crippen LogP) is 2.77. The topological polar surface area (TPSA) is 51.1 Å². The molecule has 0 saturated heterocycles. The lowest BCUT2D eigenvalue weighted by Gasteiger charge is -2.30. The molecular weight excluding hydrogens is 316 g/mol. The molecule has 2 heterocycles. The molecule has 4 rings (SSSR count). The number of oxime groups is 1. The van der Waals surface area contributed by atoms with Gasteiger partial charge in [-0.25, -0.2) is 0 Å². The summed E-state index contributed by atoms with van der Waals surface area (Å²) in [6, 6.07) is 15.9. The van der Waals surface area contributed by atoms with Gasteiger partial charge in [-0.2, -0.15) is 0 Å². The minimum Gasteiger partial charge on any atom is -0.497 e. The van der Waals surface area contributed by atoms with E-state index in [1.165, 1.54) is 11.1 Å². The molecule has 0 bridgehead atoms. The van der Waals surface area contributed by atoms with Crippen LogP contribution in [-0.2, 0) is 22.6 Å². The Hall–Kier alpha value is -2.82. The van der Waals surface area contributed by atoms with E-state index in [0.29, 0.717) is 13.0 Å². The first kappa shape index (κ1) is 15.7. The van der Waals surface area contributed by atoms with Crippen LogP contribution in [0.4, 0.5) is 0 Å². The fourth-order valence-electron chi connectivity index (χ4n) is 3.37. The van der Waals surface area contributed by atoms with Crippen molar-refractivity contribution in [2.75, 3.05) is 13.7 Å². The second-order valence-corrected chi connectivity index (χ2v) is 6.35. The smallest absolute Gasteiger partial charge is 0.267 e. The fraction of sp³-hybridized carbons (Fsp3) is 0.300. The number of carbonyl (C=O) groups excluding carboxylic acids is 1. The molecule has 0 spiro atoms. The molecule has 0 radical (unpaired) electrons. The maximum Gasteiger partial charge on any atom is 0.267 e. The highest BCUT2D eigenvalue weighted by Gasteiger charge is 2.33. The summed E-state index contributed by atoms with van der Waals surface area (Å²) >= 11 is 0. The first-order chi connectivity index (χ1) is 12.2. The lowest BCUT2D eigenvalue weighted by molar-refractivity contribution is -0.143. The first-order valence-corrected chi connectivity index (χ1v) is 8.47. The van der Waals surface area contributed by atoms with Gasteiger partial charge in [0.05, 0.1) is 12.8 Å². The lowest BCUT2D eigenvalue weighted by atomic mass is 9.98. The Bertz CT molecular complexity index is 831. The van der Waals surface area contributed by atoms with Gasteiger partial charge in [-0.1, -0.05) is 41.6 Å². The van der Waals surface area contributed by atoms with Gasteiger partial charge >= 0.3 is 0 Å². The molecule has 2 aliphatic heterocycles. The van der Waals surface area contributed by atoms with E-state index in [9.17, 15) is 4.79 Å². The summed E-state index contributed by atoms with van der Waals surface area (Å²) in [4.78, 5) is 20.1. The van der Waals surface area contributed by atoms with Gasteiger partial charge in [-0.15, -0.1) is 0 Å². The molecular formula is C20H20N2O3. The van der Waals surface area contributed by atoms with Crippen molar-refractivity contribution < 1.29 is 14.4 Å². The van der Waals surface area contributed by atoms with Crippen molar-refractivity contribution in [2.45, 2.75) is 25.5 Å². The first-order valence-electron chi connectivity index (χ1n) is 8.47. The van der Waals surface area contributed by atoms with Crippen molar-refractivity contribution in [3.05, 3.63) is 65.2 Å². The quantitative estimate of drug-likeness (QED) is 0.866.